The molecule has 100 valence electrons. The summed E-state index contributed by atoms with van der Waals surface area (Å²) < 4.78 is 0. The highest BCUT2D eigenvalue weighted by molar-refractivity contribution is 7.80. The number of hydrogen-bond donors (Lipinski definition) is 1. The van der Waals surface area contributed by atoms with Crippen molar-refractivity contribution in [2.45, 2.75) is 58.8 Å². The highest BCUT2D eigenvalue weighted by atomic mass is 32.1. The summed E-state index contributed by atoms with van der Waals surface area (Å²) >= 11 is 5.46. The Morgan fingerprint density at radius 1 is 1.11 bits per heavy atom. The molecule has 0 aliphatic heterocycles. The standard InChI is InChI=1S/C16H24OS/c1-3-4-5-6-7-8-12-16(18)14-10-9-11-15(17)13(14)2/h9-11,17H,3-8,12H2,1-2H3. The molecule has 0 unspecified atom stereocenters. The molecule has 0 bridgehead atoms. The van der Waals surface area contributed by atoms with Crippen molar-refractivity contribution in [1.29, 1.82) is 0 Å². The number of phenolic OH excluding ortho intramolecular Hbond substituents is 1. The molecule has 1 aromatic rings. The van der Waals surface area contributed by atoms with Gasteiger partial charge in [-0.3, -0.25) is 0 Å². The Morgan fingerprint density at radius 2 is 1.78 bits per heavy atom. The summed E-state index contributed by atoms with van der Waals surface area (Å²) in [6, 6.07) is 5.59. The summed E-state index contributed by atoms with van der Waals surface area (Å²) in [5, 5.41) is 9.66. The fourth-order valence-corrected chi connectivity index (χ4v) is 2.49. The predicted molar refractivity (Wildman–Crippen MR) is 82.5 cm³/mol. The van der Waals surface area contributed by atoms with Crippen LogP contribution in [0, 0.1) is 6.92 Å². The Hall–Kier alpha value is -0.890. The first kappa shape index (κ1) is 15.2. The summed E-state index contributed by atoms with van der Waals surface area (Å²) in [5.74, 6) is 0.345. The van der Waals surface area contributed by atoms with Gasteiger partial charge < -0.3 is 5.11 Å². The highest BCUT2D eigenvalue weighted by Crippen LogP contribution is 2.22. The van der Waals surface area contributed by atoms with Crippen LogP contribution in [-0.4, -0.2) is 9.97 Å². The molecule has 1 N–H and O–H groups in total. The van der Waals surface area contributed by atoms with Gasteiger partial charge in [-0.2, -0.15) is 0 Å². The van der Waals surface area contributed by atoms with Gasteiger partial charge >= 0.3 is 0 Å². The second-order valence-electron chi connectivity index (χ2n) is 4.89. The molecule has 0 radical (unpaired) electrons. The van der Waals surface area contributed by atoms with Gasteiger partial charge in [0.1, 0.15) is 5.75 Å². The molecular weight excluding hydrogens is 240 g/mol. The molecule has 1 aromatic carbocycles. The van der Waals surface area contributed by atoms with Crippen molar-refractivity contribution in [3.05, 3.63) is 29.3 Å². The third-order valence-corrected chi connectivity index (χ3v) is 3.79. The van der Waals surface area contributed by atoms with Crippen molar-refractivity contribution >= 4 is 17.1 Å². The molecule has 0 saturated heterocycles. The molecule has 1 rings (SSSR count). The van der Waals surface area contributed by atoms with E-state index in [9.17, 15) is 5.11 Å². The van der Waals surface area contributed by atoms with E-state index in [-0.39, 0.29) is 0 Å². The van der Waals surface area contributed by atoms with Crippen LogP contribution < -0.4 is 0 Å². The van der Waals surface area contributed by atoms with Crippen LogP contribution >= 0.6 is 12.2 Å². The Kier molecular flexibility index (Phi) is 6.96. The van der Waals surface area contributed by atoms with Gasteiger partial charge in [-0.1, -0.05) is 63.4 Å². The average Bonchev–Trinajstić information content (AvgIpc) is 2.36. The third kappa shape index (κ3) is 4.77. The summed E-state index contributed by atoms with van der Waals surface area (Å²) in [6.45, 7) is 4.16. The lowest BCUT2D eigenvalue weighted by Crippen LogP contribution is -2.00. The third-order valence-electron chi connectivity index (χ3n) is 3.36. The molecule has 0 spiro atoms. The molecule has 0 fully saturated rings. The number of benzene rings is 1. The quantitative estimate of drug-likeness (QED) is 0.397. The zero-order valence-corrected chi connectivity index (χ0v) is 12.4. The van der Waals surface area contributed by atoms with Gasteiger partial charge in [-0.05, 0) is 37.0 Å². The second kappa shape index (κ2) is 8.25. The van der Waals surface area contributed by atoms with Crippen LogP contribution in [0.25, 0.3) is 0 Å². The van der Waals surface area contributed by atoms with E-state index in [2.05, 4.69) is 6.92 Å². The topological polar surface area (TPSA) is 20.2 Å². The van der Waals surface area contributed by atoms with Gasteiger partial charge in [-0.15, -0.1) is 0 Å². The van der Waals surface area contributed by atoms with Crippen molar-refractivity contribution in [3.8, 4) is 5.75 Å². The van der Waals surface area contributed by atoms with Gasteiger partial charge in [-0.25, -0.2) is 0 Å². The van der Waals surface area contributed by atoms with E-state index in [0.29, 0.717) is 5.75 Å². The van der Waals surface area contributed by atoms with E-state index in [0.717, 1.165) is 28.8 Å². The fourth-order valence-electron chi connectivity index (χ4n) is 2.13. The first-order valence-corrected chi connectivity index (χ1v) is 7.39. The maximum absolute atomic E-state index is 9.66. The number of unbranched alkanes of at least 4 members (excludes halogenated alkanes) is 5. The fraction of sp³-hybridized carbons (Fsp3) is 0.562. The molecule has 0 saturated carbocycles. The Balaban J connectivity index is 2.35. The minimum absolute atomic E-state index is 0.345. The van der Waals surface area contributed by atoms with E-state index in [1.807, 2.05) is 19.1 Å². The molecule has 0 amide bonds. The van der Waals surface area contributed by atoms with Crippen LogP contribution in [0.15, 0.2) is 18.2 Å². The largest absolute Gasteiger partial charge is 0.508 e. The average molecular weight is 264 g/mol. The van der Waals surface area contributed by atoms with E-state index >= 15 is 0 Å². The first-order chi connectivity index (χ1) is 8.66. The number of thiocarbonyl (C=S) groups is 1. The SMILES string of the molecule is CCCCCCCCC(=S)c1cccc(O)c1C. The van der Waals surface area contributed by atoms with Gasteiger partial charge in [0.15, 0.2) is 0 Å². The van der Waals surface area contributed by atoms with Crippen LogP contribution in [0.2, 0.25) is 0 Å². The monoisotopic (exact) mass is 264 g/mol. The predicted octanol–water partition coefficient (Wildman–Crippen LogP) is 5.17. The smallest absolute Gasteiger partial charge is 0.119 e. The molecule has 0 aliphatic carbocycles. The van der Waals surface area contributed by atoms with E-state index in [1.54, 1.807) is 6.07 Å². The van der Waals surface area contributed by atoms with Crippen LogP contribution in [-0.2, 0) is 0 Å². The van der Waals surface area contributed by atoms with Crippen molar-refractivity contribution in [1.82, 2.24) is 0 Å². The Labute approximate surface area is 116 Å². The number of aromatic hydroxyl groups is 1. The second-order valence-corrected chi connectivity index (χ2v) is 5.38. The minimum Gasteiger partial charge on any atom is -0.508 e. The summed E-state index contributed by atoms with van der Waals surface area (Å²) in [7, 11) is 0. The van der Waals surface area contributed by atoms with E-state index < -0.39 is 0 Å². The maximum atomic E-state index is 9.66. The molecule has 18 heavy (non-hydrogen) atoms. The highest BCUT2D eigenvalue weighted by Gasteiger charge is 2.07. The van der Waals surface area contributed by atoms with Crippen LogP contribution in [0.3, 0.4) is 0 Å². The molecular formula is C16H24OS. The number of phenols is 1. The number of rotatable bonds is 8. The van der Waals surface area contributed by atoms with Crippen molar-refractivity contribution in [3.63, 3.8) is 0 Å². The minimum atomic E-state index is 0.345. The van der Waals surface area contributed by atoms with Crippen molar-refractivity contribution in [2.75, 3.05) is 0 Å². The Morgan fingerprint density at radius 3 is 2.50 bits per heavy atom. The van der Waals surface area contributed by atoms with E-state index in [4.69, 9.17) is 12.2 Å². The molecule has 0 aliphatic rings. The normalized spacial score (nSPS) is 10.6. The van der Waals surface area contributed by atoms with Crippen molar-refractivity contribution in [2.24, 2.45) is 0 Å². The van der Waals surface area contributed by atoms with Crippen LogP contribution in [0.4, 0.5) is 0 Å². The van der Waals surface area contributed by atoms with Crippen molar-refractivity contribution < 1.29 is 5.11 Å². The Bertz CT molecular complexity index is 385. The molecule has 2 heteroatoms. The molecule has 0 heterocycles. The zero-order chi connectivity index (χ0) is 13.4. The molecule has 0 aromatic heterocycles. The molecule has 0 atom stereocenters. The van der Waals surface area contributed by atoms with Gasteiger partial charge in [0.2, 0.25) is 0 Å². The summed E-state index contributed by atoms with van der Waals surface area (Å²) in [6.07, 6.45) is 8.68. The van der Waals surface area contributed by atoms with Gasteiger partial charge in [0.25, 0.3) is 0 Å². The van der Waals surface area contributed by atoms with Gasteiger partial charge in [0.05, 0.1) is 0 Å². The zero-order valence-electron chi connectivity index (χ0n) is 11.5. The van der Waals surface area contributed by atoms with E-state index in [1.165, 1.54) is 32.1 Å². The molecule has 1 nitrogen and oxygen atoms in total. The van der Waals surface area contributed by atoms with Crippen LogP contribution in [0.5, 0.6) is 5.75 Å². The maximum Gasteiger partial charge on any atom is 0.119 e. The lowest BCUT2D eigenvalue weighted by Gasteiger charge is -2.09. The van der Waals surface area contributed by atoms with Crippen LogP contribution in [0.1, 0.15) is 63.0 Å². The van der Waals surface area contributed by atoms with Gasteiger partial charge in [0, 0.05) is 4.86 Å². The number of hydrogen-bond acceptors (Lipinski definition) is 2. The lowest BCUT2D eigenvalue weighted by atomic mass is 10.0. The first-order valence-electron chi connectivity index (χ1n) is 6.98. The summed E-state index contributed by atoms with van der Waals surface area (Å²) in [4.78, 5) is 0.985. The lowest BCUT2D eigenvalue weighted by molar-refractivity contribution is 0.471. The summed E-state index contributed by atoms with van der Waals surface area (Å²) in [5.41, 5.74) is 1.95.